The molecule has 1 amide bonds. The van der Waals surface area contributed by atoms with Crippen molar-refractivity contribution in [1.29, 1.82) is 0 Å². The summed E-state index contributed by atoms with van der Waals surface area (Å²) in [5.41, 5.74) is 2.68. The smallest absolute Gasteiger partial charge is 0.326 e. The van der Waals surface area contributed by atoms with Crippen molar-refractivity contribution in [1.82, 2.24) is 10.3 Å². The lowest BCUT2D eigenvalue weighted by Crippen LogP contribution is -2.42. The van der Waals surface area contributed by atoms with Crippen LogP contribution in [0.25, 0.3) is 21.9 Å². The van der Waals surface area contributed by atoms with E-state index in [1.54, 1.807) is 24.4 Å². The van der Waals surface area contributed by atoms with Gasteiger partial charge in [-0.1, -0.05) is 36.4 Å². The Morgan fingerprint density at radius 1 is 1.08 bits per heavy atom. The van der Waals surface area contributed by atoms with Crippen LogP contribution in [0.3, 0.4) is 0 Å². The Bertz CT molecular complexity index is 1110. The zero-order valence-electron chi connectivity index (χ0n) is 13.7. The second-order valence-electron chi connectivity index (χ2n) is 6.07. The molecule has 130 valence electrons. The van der Waals surface area contributed by atoms with Crippen LogP contribution in [-0.2, 0) is 11.2 Å². The molecule has 6 nitrogen and oxygen atoms in total. The molecule has 26 heavy (non-hydrogen) atoms. The molecular weight excluding hydrogens is 332 g/mol. The fourth-order valence-electron chi connectivity index (χ4n) is 3.11. The monoisotopic (exact) mass is 348 g/mol. The average Bonchev–Trinajstić information content (AvgIpc) is 3.25. The molecule has 0 aliphatic heterocycles. The molecule has 2 heterocycles. The summed E-state index contributed by atoms with van der Waals surface area (Å²) in [5.74, 6) is -1.56. The van der Waals surface area contributed by atoms with Gasteiger partial charge in [-0.3, -0.25) is 4.79 Å². The van der Waals surface area contributed by atoms with Gasteiger partial charge in [0.2, 0.25) is 0 Å². The zero-order chi connectivity index (χ0) is 18.1. The molecule has 3 N–H and O–H groups in total. The van der Waals surface area contributed by atoms with Gasteiger partial charge in [-0.05, 0) is 17.7 Å². The van der Waals surface area contributed by atoms with Crippen molar-refractivity contribution in [3.8, 4) is 0 Å². The van der Waals surface area contributed by atoms with Crippen molar-refractivity contribution in [2.45, 2.75) is 12.5 Å². The second-order valence-corrected chi connectivity index (χ2v) is 6.07. The van der Waals surface area contributed by atoms with E-state index in [1.165, 1.54) is 6.26 Å². The van der Waals surface area contributed by atoms with E-state index < -0.39 is 17.9 Å². The molecule has 0 fully saturated rings. The maximum absolute atomic E-state index is 12.6. The standard InChI is InChI=1S/C20H16N2O4/c23-19(15-11-26-18-8-4-2-6-14(15)18)22-17(20(24)25)9-12-10-21-16-7-3-1-5-13(12)16/h1-8,10-11,17,21H,9H2,(H,22,23)(H,24,25)/t17-/m1/s1. The van der Waals surface area contributed by atoms with E-state index in [4.69, 9.17) is 4.42 Å². The molecule has 0 saturated heterocycles. The number of hydrogen-bond acceptors (Lipinski definition) is 3. The number of H-pyrrole nitrogens is 1. The zero-order valence-corrected chi connectivity index (χ0v) is 13.7. The minimum Gasteiger partial charge on any atom is -0.480 e. The minimum atomic E-state index is -1.09. The number of nitrogens with one attached hydrogen (secondary N) is 2. The van der Waals surface area contributed by atoms with Gasteiger partial charge in [0, 0.05) is 28.9 Å². The van der Waals surface area contributed by atoms with Crippen LogP contribution in [0.2, 0.25) is 0 Å². The summed E-state index contributed by atoms with van der Waals surface area (Å²) in [5, 5.41) is 13.8. The number of carbonyl (C=O) groups excluding carboxylic acids is 1. The molecule has 4 aromatic rings. The Morgan fingerprint density at radius 2 is 1.81 bits per heavy atom. The molecule has 2 aromatic carbocycles. The maximum Gasteiger partial charge on any atom is 0.326 e. The highest BCUT2D eigenvalue weighted by molar-refractivity contribution is 6.07. The number of carbonyl (C=O) groups is 2. The number of rotatable bonds is 5. The van der Waals surface area contributed by atoms with Crippen LogP contribution in [0.15, 0.2) is 65.4 Å². The van der Waals surface area contributed by atoms with Crippen molar-refractivity contribution in [2.24, 2.45) is 0 Å². The molecule has 4 rings (SSSR count). The third-order valence-electron chi connectivity index (χ3n) is 4.43. The first-order valence-corrected chi connectivity index (χ1v) is 8.18. The first-order chi connectivity index (χ1) is 12.6. The minimum absolute atomic E-state index is 0.181. The van der Waals surface area contributed by atoms with Gasteiger partial charge in [0.25, 0.3) is 5.91 Å². The number of carboxylic acid groups (broad SMARTS) is 1. The number of furan rings is 1. The van der Waals surface area contributed by atoms with Crippen LogP contribution in [0.4, 0.5) is 0 Å². The summed E-state index contributed by atoms with van der Waals surface area (Å²) in [6.07, 6.45) is 3.31. The van der Waals surface area contributed by atoms with E-state index in [0.717, 1.165) is 16.5 Å². The van der Waals surface area contributed by atoms with Crippen molar-refractivity contribution >= 4 is 33.7 Å². The van der Waals surface area contributed by atoms with Crippen molar-refractivity contribution in [2.75, 3.05) is 0 Å². The summed E-state index contributed by atoms with van der Waals surface area (Å²) in [4.78, 5) is 27.4. The summed E-state index contributed by atoms with van der Waals surface area (Å²) < 4.78 is 5.36. The van der Waals surface area contributed by atoms with Crippen molar-refractivity contribution in [3.63, 3.8) is 0 Å². The Morgan fingerprint density at radius 3 is 2.62 bits per heavy atom. The largest absolute Gasteiger partial charge is 0.480 e. The van der Waals surface area contributed by atoms with Crippen molar-refractivity contribution in [3.05, 3.63) is 72.1 Å². The number of aromatic nitrogens is 1. The number of fused-ring (bicyclic) bond motifs is 2. The van der Waals surface area contributed by atoms with Crippen LogP contribution in [-0.4, -0.2) is 28.0 Å². The Balaban J connectivity index is 1.59. The quantitative estimate of drug-likeness (QED) is 0.515. The van der Waals surface area contributed by atoms with Gasteiger partial charge in [-0.15, -0.1) is 0 Å². The van der Waals surface area contributed by atoms with E-state index in [2.05, 4.69) is 10.3 Å². The molecular formula is C20H16N2O4. The van der Waals surface area contributed by atoms with Gasteiger partial charge >= 0.3 is 5.97 Å². The lowest BCUT2D eigenvalue weighted by Gasteiger charge is -2.13. The summed E-state index contributed by atoms with van der Waals surface area (Å²) in [7, 11) is 0. The molecule has 0 bridgehead atoms. The van der Waals surface area contributed by atoms with Crippen LogP contribution in [0.1, 0.15) is 15.9 Å². The van der Waals surface area contributed by atoms with Crippen LogP contribution in [0, 0.1) is 0 Å². The van der Waals surface area contributed by atoms with Gasteiger partial charge in [-0.25, -0.2) is 4.79 Å². The molecule has 0 unspecified atom stereocenters. The molecule has 6 heteroatoms. The highest BCUT2D eigenvalue weighted by Gasteiger charge is 2.24. The number of aliphatic carboxylic acids is 1. The lowest BCUT2D eigenvalue weighted by atomic mass is 10.0. The predicted octanol–water partition coefficient (Wildman–Crippen LogP) is 3.34. The average molecular weight is 348 g/mol. The van der Waals surface area contributed by atoms with Gasteiger partial charge in [0.1, 0.15) is 17.9 Å². The number of para-hydroxylation sites is 2. The van der Waals surface area contributed by atoms with Crippen LogP contribution in [0.5, 0.6) is 0 Å². The summed E-state index contributed by atoms with van der Waals surface area (Å²) in [6, 6.07) is 13.7. The highest BCUT2D eigenvalue weighted by Crippen LogP contribution is 2.22. The number of hydrogen-bond donors (Lipinski definition) is 3. The van der Waals surface area contributed by atoms with Gasteiger partial charge in [-0.2, -0.15) is 0 Å². The molecule has 2 aromatic heterocycles. The van der Waals surface area contributed by atoms with Crippen molar-refractivity contribution < 1.29 is 19.1 Å². The topological polar surface area (TPSA) is 95.3 Å². The Hall–Kier alpha value is -3.54. The van der Waals surface area contributed by atoms with Gasteiger partial charge in [0.05, 0.1) is 5.56 Å². The first-order valence-electron chi connectivity index (χ1n) is 8.18. The predicted molar refractivity (Wildman–Crippen MR) is 97.1 cm³/mol. The number of carboxylic acids is 1. The van der Waals surface area contributed by atoms with E-state index in [9.17, 15) is 14.7 Å². The summed E-state index contributed by atoms with van der Waals surface area (Å²) >= 11 is 0. The third kappa shape index (κ3) is 2.82. The first kappa shape index (κ1) is 16.0. The van der Waals surface area contributed by atoms with E-state index in [0.29, 0.717) is 16.5 Å². The molecule has 0 saturated carbocycles. The molecule has 1 atom stereocenters. The van der Waals surface area contributed by atoms with Gasteiger partial charge in [0.15, 0.2) is 0 Å². The number of aromatic amines is 1. The fraction of sp³-hybridized carbons (Fsp3) is 0.100. The van der Waals surface area contributed by atoms with E-state index in [1.807, 2.05) is 30.3 Å². The van der Waals surface area contributed by atoms with E-state index in [-0.39, 0.29) is 6.42 Å². The normalized spacial score (nSPS) is 12.3. The highest BCUT2D eigenvalue weighted by atomic mass is 16.4. The summed E-state index contributed by atoms with van der Waals surface area (Å²) in [6.45, 7) is 0. The number of amides is 1. The van der Waals surface area contributed by atoms with E-state index >= 15 is 0 Å². The number of benzene rings is 2. The van der Waals surface area contributed by atoms with Crippen LogP contribution >= 0.6 is 0 Å². The third-order valence-corrected chi connectivity index (χ3v) is 4.43. The lowest BCUT2D eigenvalue weighted by molar-refractivity contribution is -0.139. The molecule has 0 aliphatic carbocycles. The molecule has 0 aliphatic rings. The SMILES string of the molecule is O=C(N[C@H](Cc1c[nH]c2ccccc12)C(=O)O)c1coc2ccccc12. The fourth-order valence-corrected chi connectivity index (χ4v) is 3.11. The molecule has 0 spiro atoms. The van der Waals surface area contributed by atoms with Crippen LogP contribution < -0.4 is 5.32 Å². The Labute approximate surface area is 148 Å². The molecule has 0 radical (unpaired) electrons. The maximum atomic E-state index is 12.6. The van der Waals surface area contributed by atoms with Gasteiger partial charge < -0.3 is 19.8 Å². The Kier molecular flexibility index (Phi) is 3.93. The second kappa shape index (κ2) is 6.40.